The summed E-state index contributed by atoms with van der Waals surface area (Å²) >= 11 is 1.88. The van der Waals surface area contributed by atoms with E-state index < -0.39 is 0 Å². The van der Waals surface area contributed by atoms with Crippen LogP contribution in [0.4, 0.5) is 0 Å². The van der Waals surface area contributed by atoms with Crippen molar-refractivity contribution in [1.29, 1.82) is 0 Å². The van der Waals surface area contributed by atoms with Crippen LogP contribution in [0, 0.1) is 0 Å². The van der Waals surface area contributed by atoms with Gasteiger partial charge in [-0.2, -0.15) is 0 Å². The minimum absolute atomic E-state index is 0.514. The lowest BCUT2D eigenvalue weighted by Crippen LogP contribution is -2.23. The lowest BCUT2D eigenvalue weighted by Gasteiger charge is -2.21. The Morgan fingerprint density at radius 3 is 2.71 bits per heavy atom. The van der Waals surface area contributed by atoms with Gasteiger partial charge < -0.3 is 5.32 Å². The standard InChI is InChI=1S/C18H24N2S/c1-4-19-15-6-5-7-16-17(15)21-18(20-16)14-10-8-13(9-11-14)12(2)3/h8-12,15,19H,4-7H2,1-3H3. The summed E-state index contributed by atoms with van der Waals surface area (Å²) in [6.07, 6.45) is 3.63. The monoisotopic (exact) mass is 300 g/mol. The van der Waals surface area contributed by atoms with Crippen LogP contribution in [0.1, 0.15) is 61.7 Å². The Hall–Kier alpha value is -1.19. The molecule has 1 heterocycles. The summed E-state index contributed by atoms with van der Waals surface area (Å²) in [5.74, 6) is 0.585. The zero-order chi connectivity index (χ0) is 14.8. The third-order valence-corrected chi connectivity index (χ3v) is 5.49. The van der Waals surface area contributed by atoms with E-state index in [1.807, 2.05) is 11.3 Å². The molecule has 2 aromatic rings. The number of nitrogens with one attached hydrogen (secondary N) is 1. The number of hydrogen-bond donors (Lipinski definition) is 1. The largest absolute Gasteiger partial charge is 0.309 e. The number of nitrogens with zero attached hydrogens (tertiary/aromatic N) is 1. The maximum atomic E-state index is 4.91. The second-order valence-corrected chi connectivity index (χ2v) is 7.14. The molecule has 1 aliphatic carbocycles. The molecule has 1 aromatic carbocycles. The van der Waals surface area contributed by atoms with Crippen molar-refractivity contribution in [1.82, 2.24) is 10.3 Å². The number of benzene rings is 1. The molecule has 0 radical (unpaired) electrons. The highest BCUT2D eigenvalue weighted by Crippen LogP contribution is 2.38. The molecule has 1 atom stereocenters. The number of aryl methyl sites for hydroxylation is 1. The average Bonchev–Trinajstić information content (AvgIpc) is 2.93. The number of hydrogen-bond acceptors (Lipinski definition) is 3. The Bertz CT molecular complexity index is 598. The van der Waals surface area contributed by atoms with Crippen molar-refractivity contribution >= 4 is 11.3 Å². The molecular weight excluding hydrogens is 276 g/mol. The predicted octanol–water partition coefficient (Wildman–Crippen LogP) is 4.92. The molecule has 1 aliphatic rings. The van der Waals surface area contributed by atoms with Crippen LogP contribution >= 0.6 is 11.3 Å². The fraction of sp³-hybridized carbons (Fsp3) is 0.500. The van der Waals surface area contributed by atoms with Gasteiger partial charge in [-0.3, -0.25) is 0 Å². The fourth-order valence-electron chi connectivity index (χ4n) is 2.99. The van der Waals surface area contributed by atoms with Gasteiger partial charge in [-0.25, -0.2) is 4.98 Å². The Balaban J connectivity index is 1.90. The van der Waals surface area contributed by atoms with Gasteiger partial charge in [0.25, 0.3) is 0 Å². The van der Waals surface area contributed by atoms with Crippen LogP contribution in [0.3, 0.4) is 0 Å². The third kappa shape index (κ3) is 3.04. The van der Waals surface area contributed by atoms with Gasteiger partial charge in [0.1, 0.15) is 5.01 Å². The Kier molecular flexibility index (Phi) is 4.41. The summed E-state index contributed by atoms with van der Waals surface area (Å²) in [6, 6.07) is 9.44. The van der Waals surface area contributed by atoms with E-state index in [4.69, 9.17) is 4.98 Å². The van der Waals surface area contributed by atoms with Crippen molar-refractivity contribution in [2.45, 2.75) is 52.0 Å². The maximum Gasteiger partial charge on any atom is 0.123 e. The summed E-state index contributed by atoms with van der Waals surface area (Å²) < 4.78 is 0. The first kappa shape index (κ1) is 14.7. The molecule has 0 fully saturated rings. The predicted molar refractivity (Wildman–Crippen MR) is 91.0 cm³/mol. The van der Waals surface area contributed by atoms with Gasteiger partial charge in [-0.05, 0) is 37.3 Å². The van der Waals surface area contributed by atoms with E-state index in [1.54, 1.807) is 0 Å². The fourth-order valence-corrected chi connectivity index (χ4v) is 4.22. The topological polar surface area (TPSA) is 24.9 Å². The first-order valence-corrected chi connectivity index (χ1v) is 8.84. The van der Waals surface area contributed by atoms with E-state index >= 15 is 0 Å². The van der Waals surface area contributed by atoms with E-state index in [0.29, 0.717) is 12.0 Å². The van der Waals surface area contributed by atoms with Crippen molar-refractivity contribution in [2.75, 3.05) is 6.54 Å². The summed E-state index contributed by atoms with van der Waals surface area (Å²) in [6.45, 7) is 7.68. The van der Waals surface area contributed by atoms with E-state index in [0.717, 1.165) is 13.0 Å². The van der Waals surface area contributed by atoms with Crippen molar-refractivity contribution in [3.05, 3.63) is 40.4 Å². The highest BCUT2D eigenvalue weighted by atomic mass is 32.1. The van der Waals surface area contributed by atoms with Crippen LogP contribution in [0.25, 0.3) is 10.6 Å². The van der Waals surface area contributed by atoms with Crippen LogP contribution in [-0.2, 0) is 6.42 Å². The first-order valence-electron chi connectivity index (χ1n) is 8.02. The van der Waals surface area contributed by atoms with Crippen molar-refractivity contribution in [3.8, 4) is 10.6 Å². The number of aromatic nitrogens is 1. The van der Waals surface area contributed by atoms with E-state index in [-0.39, 0.29) is 0 Å². The molecule has 1 N–H and O–H groups in total. The molecule has 1 aromatic heterocycles. The molecular formula is C18H24N2S. The summed E-state index contributed by atoms with van der Waals surface area (Å²) in [5, 5.41) is 4.78. The normalized spacial score (nSPS) is 18.0. The minimum Gasteiger partial charge on any atom is -0.309 e. The highest BCUT2D eigenvalue weighted by Gasteiger charge is 2.24. The molecule has 0 saturated carbocycles. The van der Waals surface area contributed by atoms with Crippen LogP contribution in [0.5, 0.6) is 0 Å². The molecule has 0 amide bonds. The van der Waals surface area contributed by atoms with Crippen LogP contribution in [0.15, 0.2) is 24.3 Å². The van der Waals surface area contributed by atoms with Gasteiger partial charge in [0, 0.05) is 16.5 Å². The third-order valence-electron chi connectivity index (χ3n) is 4.23. The average molecular weight is 300 g/mol. The van der Waals surface area contributed by atoms with Crippen molar-refractivity contribution < 1.29 is 0 Å². The van der Waals surface area contributed by atoms with Gasteiger partial charge in [0.2, 0.25) is 0 Å². The molecule has 0 bridgehead atoms. The van der Waals surface area contributed by atoms with Gasteiger partial charge in [0.05, 0.1) is 5.69 Å². The van der Waals surface area contributed by atoms with E-state index in [2.05, 4.69) is 50.4 Å². The second kappa shape index (κ2) is 6.29. The van der Waals surface area contributed by atoms with Gasteiger partial charge in [0.15, 0.2) is 0 Å². The first-order chi connectivity index (χ1) is 10.2. The molecule has 2 nitrogen and oxygen atoms in total. The molecule has 21 heavy (non-hydrogen) atoms. The molecule has 1 unspecified atom stereocenters. The molecule has 0 saturated heterocycles. The molecule has 3 heteroatoms. The Morgan fingerprint density at radius 1 is 1.29 bits per heavy atom. The number of rotatable bonds is 4. The number of fused-ring (bicyclic) bond motifs is 1. The summed E-state index contributed by atoms with van der Waals surface area (Å²) in [4.78, 5) is 6.37. The van der Waals surface area contributed by atoms with Gasteiger partial charge in [-0.1, -0.05) is 45.0 Å². The van der Waals surface area contributed by atoms with Crippen LogP contribution in [-0.4, -0.2) is 11.5 Å². The quantitative estimate of drug-likeness (QED) is 0.867. The number of thiazole rings is 1. The lowest BCUT2D eigenvalue weighted by molar-refractivity contribution is 0.476. The lowest BCUT2D eigenvalue weighted by atomic mass is 9.98. The van der Waals surface area contributed by atoms with Crippen LogP contribution in [0.2, 0.25) is 0 Å². The molecule has 112 valence electrons. The zero-order valence-corrected chi connectivity index (χ0v) is 14.0. The van der Waals surface area contributed by atoms with E-state index in [1.165, 1.54) is 39.5 Å². The SMILES string of the molecule is CCNC1CCCc2nc(-c3ccc(C(C)C)cc3)sc21. The highest BCUT2D eigenvalue weighted by molar-refractivity contribution is 7.15. The molecule has 3 rings (SSSR count). The molecule has 0 spiro atoms. The second-order valence-electron chi connectivity index (χ2n) is 6.11. The Labute approximate surface area is 131 Å². The maximum absolute atomic E-state index is 4.91. The van der Waals surface area contributed by atoms with Crippen LogP contribution < -0.4 is 5.32 Å². The van der Waals surface area contributed by atoms with Gasteiger partial charge >= 0.3 is 0 Å². The van der Waals surface area contributed by atoms with E-state index in [9.17, 15) is 0 Å². The zero-order valence-electron chi connectivity index (χ0n) is 13.1. The molecule has 0 aliphatic heterocycles. The smallest absolute Gasteiger partial charge is 0.123 e. The van der Waals surface area contributed by atoms with Crippen molar-refractivity contribution in [3.63, 3.8) is 0 Å². The van der Waals surface area contributed by atoms with Gasteiger partial charge in [-0.15, -0.1) is 11.3 Å². The Morgan fingerprint density at radius 2 is 2.05 bits per heavy atom. The summed E-state index contributed by atoms with van der Waals surface area (Å²) in [5.41, 5.74) is 3.97. The summed E-state index contributed by atoms with van der Waals surface area (Å²) in [7, 11) is 0. The van der Waals surface area contributed by atoms with Crippen molar-refractivity contribution in [2.24, 2.45) is 0 Å². The minimum atomic E-state index is 0.514.